The van der Waals surface area contributed by atoms with Crippen molar-refractivity contribution in [3.63, 3.8) is 0 Å². The van der Waals surface area contributed by atoms with E-state index in [1.165, 1.54) is 12.1 Å². The lowest BCUT2D eigenvalue weighted by Crippen LogP contribution is -2.25. The maximum atomic E-state index is 12.7. The first kappa shape index (κ1) is 22.3. The highest BCUT2D eigenvalue weighted by molar-refractivity contribution is 6.31. The first-order valence-corrected chi connectivity index (χ1v) is 10.1. The molecular weight excluding hydrogens is 420 g/mol. The van der Waals surface area contributed by atoms with Crippen LogP contribution in [0.1, 0.15) is 23.9 Å². The van der Waals surface area contributed by atoms with Crippen LogP contribution in [0.25, 0.3) is 0 Å². The second kappa shape index (κ2) is 9.18. The number of rotatable bonds is 7. The number of carbonyl (C=O) groups is 1. The number of aromatic nitrogens is 2. The zero-order valence-corrected chi connectivity index (χ0v) is 18.4. The normalized spacial score (nSPS) is 11.8. The molecule has 1 N–H and O–H groups in total. The van der Waals surface area contributed by atoms with Gasteiger partial charge in [-0.3, -0.25) is 19.6 Å². The molecule has 8 nitrogen and oxygen atoms in total. The Morgan fingerprint density at radius 2 is 1.87 bits per heavy atom. The van der Waals surface area contributed by atoms with Gasteiger partial charge in [0, 0.05) is 12.1 Å². The molecular formula is C22H23ClN4O4. The summed E-state index contributed by atoms with van der Waals surface area (Å²) in [6, 6.07) is 11.5. The van der Waals surface area contributed by atoms with Crippen molar-refractivity contribution in [3.8, 4) is 11.5 Å². The van der Waals surface area contributed by atoms with E-state index < -0.39 is 10.8 Å². The molecule has 0 saturated heterocycles. The van der Waals surface area contributed by atoms with Gasteiger partial charge in [-0.2, -0.15) is 5.10 Å². The predicted octanol–water partition coefficient (Wildman–Crippen LogP) is 5.44. The molecule has 0 bridgehead atoms. The number of ether oxygens (including phenoxy) is 1. The number of halogens is 1. The van der Waals surface area contributed by atoms with Crippen LogP contribution in [-0.4, -0.2) is 20.6 Å². The lowest BCUT2D eigenvalue weighted by molar-refractivity contribution is -0.384. The number of nitrogens with one attached hydrogen (secondary N) is 1. The number of nitrogens with zero attached hydrogens (tertiary/aromatic N) is 3. The van der Waals surface area contributed by atoms with E-state index in [0.717, 1.165) is 11.3 Å². The van der Waals surface area contributed by atoms with Crippen molar-refractivity contribution >= 4 is 28.9 Å². The standard InChI is InChI=1S/C22H23ClN4O4/c1-13-5-7-19(8-6-13)31-20-10-17(9-18(11-20)27(29)30)24-22(28)14(2)12-26-16(4)21(23)15(3)25-26/h5-11,14H,12H2,1-4H3,(H,24,28)/t14-/m0/s1. The number of anilines is 1. The molecule has 3 aromatic rings. The molecule has 3 rings (SSSR count). The van der Waals surface area contributed by atoms with Gasteiger partial charge in [0.2, 0.25) is 5.91 Å². The summed E-state index contributed by atoms with van der Waals surface area (Å²) >= 11 is 6.17. The van der Waals surface area contributed by atoms with E-state index in [1.807, 2.05) is 26.0 Å². The van der Waals surface area contributed by atoms with Crippen LogP contribution in [0, 0.1) is 36.8 Å². The Kier molecular flexibility index (Phi) is 6.60. The largest absolute Gasteiger partial charge is 0.457 e. The molecule has 1 amide bonds. The summed E-state index contributed by atoms with van der Waals surface area (Å²) in [6.45, 7) is 7.66. The first-order chi connectivity index (χ1) is 14.6. The van der Waals surface area contributed by atoms with Gasteiger partial charge in [0.25, 0.3) is 5.69 Å². The fraction of sp³-hybridized carbons (Fsp3) is 0.273. The van der Waals surface area contributed by atoms with E-state index in [1.54, 1.807) is 36.7 Å². The fourth-order valence-corrected chi connectivity index (χ4v) is 3.16. The minimum absolute atomic E-state index is 0.183. The third-order valence-electron chi connectivity index (χ3n) is 4.81. The zero-order chi connectivity index (χ0) is 22.7. The summed E-state index contributed by atoms with van der Waals surface area (Å²) in [5, 5.41) is 19.0. The maximum absolute atomic E-state index is 12.7. The number of benzene rings is 2. The van der Waals surface area contributed by atoms with Crippen LogP contribution in [0.3, 0.4) is 0 Å². The lowest BCUT2D eigenvalue weighted by Gasteiger charge is -2.14. The second-order valence-corrected chi connectivity index (χ2v) is 7.82. The third-order valence-corrected chi connectivity index (χ3v) is 5.36. The van der Waals surface area contributed by atoms with Crippen molar-refractivity contribution in [1.82, 2.24) is 9.78 Å². The van der Waals surface area contributed by atoms with Gasteiger partial charge in [0.1, 0.15) is 11.5 Å². The average Bonchev–Trinajstić information content (AvgIpc) is 2.96. The van der Waals surface area contributed by atoms with Crippen molar-refractivity contribution in [3.05, 3.63) is 74.6 Å². The van der Waals surface area contributed by atoms with Crippen LogP contribution in [-0.2, 0) is 11.3 Å². The molecule has 0 aliphatic carbocycles. The Labute approximate surface area is 184 Å². The van der Waals surface area contributed by atoms with Gasteiger partial charge in [-0.15, -0.1) is 0 Å². The molecule has 0 aliphatic rings. The molecule has 0 radical (unpaired) electrons. The molecule has 1 aromatic heterocycles. The van der Waals surface area contributed by atoms with Crippen molar-refractivity contribution in [2.75, 3.05) is 5.32 Å². The fourth-order valence-electron chi connectivity index (χ4n) is 3.02. The highest BCUT2D eigenvalue weighted by Gasteiger charge is 2.19. The Morgan fingerprint density at radius 1 is 1.19 bits per heavy atom. The van der Waals surface area contributed by atoms with E-state index in [2.05, 4.69) is 10.4 Å². The Balaban J connectivity index is 1.78. The summed E-state index contributed by atoms with van der Waals surface area (Å²) in [6.07, 6.45) is 0. The molecule has 0 aliphatic heterocycles. The maximum Gasteiger partial charge on any atom is 0.275 e. The summed E-state index contributed by atoms with van der Waals surface area (Å²) in [5.41, 5.74) is 2.64. The molecule has 0 fully saturated rings. The number of hydrogen-bond donors (Lipinski definition) is 1. The number of carbonyl (C=O) groups excluding carboxylic acids is 1. The summed E-state index contributed by atoms with van der Waals surface area (Å²) < 4.78 is 7.43. The minimum atomic E-state index is -0.529. The molecule has 0 saturated carbocycles. The Hall–Kier alpha value is -3.39. The molecule has 0 spiro atoms. The first-order valence-electron chi connectivity index (χ1n) is 9.68. The molecule has 2 aromatic carbocycles. The van der Waals surface area contributed by atoms with Gasteiger partial charge >= 0.3 is 0 Å². The summed E-state index contributed by atoms with van der Waals surface area (Å²) in [4.78, 5) is 23.5. The number of aryl methyl sites for hydroxylation is 2. The molecule has 0 unspecified atom stereocenters. The van der Waals surface area contributed by atoms with Crippen LogP contribution in [0.5, 0.6) is 11.5 Å². The van der Waals surface area contributed by atoms with Crippen LogP contribution in [0.4, 0.5) is 11.4 Å². The van der Waals surface area contributed by atoms with E-state index in [0.29, 0.717) is 23.0 Å². The zero-order valence-electron chi connectivity index (χ0n) is 17.7. The highest BCUT2D eigenvalue weighted by Crippen LogP contribution is 2.30. The van der Waals surface area contributed by atoms with Crippen molar-refractivity contribution < 1.29 is 14.5 Å². The van der Waals surface area contributed by atoms with E-state index in [-0.39, 0.29) is 23.0 Å². The van der Waals surface area contributed by atoms with Crippen molar-refractivity contribution in [1.29, 1.82) is 0 Å². The highest BCUT2D eigenvalue weighted by atomic mass is 35.5. The van der Waals surface area contributed by atoms with Crippen molar-refractivity contribution in [2.24, 2.45) is 5.92 Å². The van der Waals surface area contributed by atoms with E-state index >= 15 is 0 Å². The van der Waals surface area contributed by atoms with Gasteiger partial charge in [0.05, 0.1) is 45.6 Å². The van der Waals surface area contributed by atoms with Gasteiger partial charge in [-0.1, -0.05) is 36.2 Å². The smallest absolute Gasteiger partial charge is 0.275 e. The van der Waals surface area contributed by atoms with Crippen LogP contribution in [0.15, 0.2) is 42.5 Å². The number of non-ortho nitro benzene ring substituents is 1. The van der Waals surface area contributed by atoms with Crippen LogP contribution >= 0.6 is 11.6 Å². The summed E-state index contributed by atoms with van der Waals surface area (Å²) in [5.74, 6) is 0.0461. The number of nitro benzene ring substituents is 1. The topological polar surface area (TPSA) is 99.3 Å². The van der Waals surface area contributed by atoms with Gasteiger partial charge in [-0.25, -0.2) is 0 Å². The van der Waals surface area contributed by atoms with Gasteiger partial charge < -0.3 is 10.1 Å². The summed E-state index contributed by atoms with van der Waals surface area (Å²) in [7, 11) is 0. The SMILES string of the molecule is Cc1ccc(Oc2cc(NC(=O)[C@@H](C)Cn3nc(C)c(Cl)c3C)cc([N+](=O)[O-])c2)cc1. The molecule has 162 valence electrons. The molecule has 31 heavy (non-hydrogen) atoms. The van der Waals surface area contributed by atoms with Crippen LogP contribution in [0.2, 0.25) is 5.02 Å². The Bertz CT molecular complexity index is 1130. The third kappa shape index (κ3) is 5.40. The molecule has 9 heteroatoms. The van der Waals surface area contributed by atoms with Gasteiger partial charge in [-0.05, 0) is 32.9 Å². The molecule has 1 atom stereocenters. The minimum Gasteiger partial charge on any atom is -0.457 e. The van der Waals surface area contributed by atoms with Crippen LogP contribution < -0.4 is 10.1 Å². The number of nitro groups is 1. The Morgan fingerprint density at radius 3 is 2.45 bits per heavy atom. The predicted molar refractivity (Wildman–Crippen MR) is 119 cm³/mol. The lowest BCUT2D eigenvalue weighted by atomic mass is 10.1. The van der Waals surface area contributed by atoms with E-state index in [4.69, 9.17) is 16.3 Å². The quantitative estimate of drug-likeness (QED) is 0.388. The average molecular weight is 443 g/mol. The number of hydrogen-bond acceptors (Lipinski definition) is 5. The monoisotopic (exact) mass is 442 g/mol. The second-order valence-electron chi connectivity index (χ2n) is 7.45. The number of amides is 1. The van der Waals surface area contributed by atoms with Crippen molar-refractivity contribution in [2.45, 2.75) is 34.2 Å². The van der Waals surface area contributed by atoms with Gasteiger partial charge in [0.15, 0.2) is 0 Å². The van der Waals surface area contributed by atoms with E-state index in [9.17, 15) is 14.9 Å². The molecule has 1 heterocycles.